The fraction of sp³-hybridized carbons (Fsp3) is 0.400. The summed E-state index contributed by atoms with van der Waals surface area (Å²) in [6.45, 7) is 2.68. The van der Waals surface area contributed by atoms with Crippen molar-refractivity contribution in [2.45, 2.75) is 44.6 Å². The van der Waals surface area contributed by atoms with Gasteiger partial charge >= 0.3 is 0 Å². The third kappa shape index (κ3) is 3.64. The minimum Gasteiger partial charge on any atom is -0.478 e. The Labute approximate surface area is 167 Å². The number of amides is 1. The first-order chi connectivity index (χ1) is 13.7. The molecule has 1 aliphatic carbocycles. The van der Waals surface area contributed by atoms with Crippen LogP contribution in [0.25, 0.3) is 11.4 Å². The summed E-state index contributed by atoms with van der Waals surface area (Å²) in [5, 5.41) is 9.01. The molecular weight excluding hydrogens is 376 g/mol. The fourth-order valence-corrected chi connectivity index (χ4v) is 4.61. The SMILES string of the molecule is CCOc1ccc(-c2noc(CNC(=O)C3(c4cccs4)CCCC3)n2)cn1. The van der Waals surface area contributed by atoms with Crippen LogP contribution in [0.2, 0.25) is 0 Å². The number of carbonyl (C=O) groups is 1. The first kappa shape index (κ1) is 18.6. The maximum Gasteiger partial charge on any atom is 0.246 e. The first-order valence-electron chi connectivity index (χ1n) is 9.45. The molecule has 3 aromatic rings. The van der Waals surface area contributed by atoms with E-state index >= 15 is 0 Å². The smallest absolute Gasteiger partial charge is 0.246 e. The van der Waals surface area contributed by atoms with Gasteiger partial charge in [0, 0.05) is 22.7 Å². The number of hydrogen-bond acceptors (Lipinski definition) is 7. The van der Waals surface area contributed by atoms with Crippen LogP contribution in [0.3, 0.4) is 0 Å². The Morgan fingerprint density at radius 1 is 1.32 bits per heavy atom. The minimum absolute atomic E-state index is 0.0370. The topological polar surface area (TPSA) is 90.1 Å². The highest BCUT2D eigenvalue weighted by Gasteiger charge is 2.43. The van der Waals surface area contributed by atoms with Crippen LogP contribution >= 0.6 is 11.3 Å². The molecule has 1 aliphatic rings. The number of pyridine rings is 1. The number of carbonyl (C=O) groups excluding carboxylic acids is 1. The van der Waals surface area contributed by atoms with Crippen LogP contribution in [0, 0.1) is 0 Å². The molecule has 0 saturated heterocycles. The van der Waals surface area contributed by atoms with Crippen molar-refractivity contribution in [1.82, 2.24) is 20.4 Å². The Bertz CT molecular complexity index is 915. The van der Waals surface area contributed by atoms with E-state index in [1.807, 2.05) is 24.4 Å². The maximum atomic E-state index is 13.0. The van der Waals surface area contributed by atoms with E-state index in [-0.39, 0.29) is 12.5 Å². The number of hydrogen-bond donors (Lipinski definition) is 1. The van der Waals surface area contributed by atoms with Gasteiger partial charge < -0.3 is 14.6 Å². The molecule has 1 saturated carbocycles. The summed E-state index contributed by atoms with van der Waals surface area (Å²) in [7, 11) is 0. The van der Waals surface area contributed by atoms with Crippen molar-refractivity contribution in [1.29, 1.82) is 0 Å². The van der Waals surface area contributed by atoms with Crippen LogP contribution in [0.5, 0.6) is 5.88 Å². The van der Waals surface area contributed by atoms with Gasteiger partial charge in [0.15, 0.2) is 0 Å². The predicted octanol–water partition coefficient (Wildman–Crippen LogP) is 3.72. The standard InChI is InChI=1S/C20H22N4O3S/c1-2-26-16-8-7-14(12-21-16)18-23-17(27-24-18)13-22-19(25)20(9-3-4-10-20)15-6-5-11-28-15/h5-8,11-12H,2-4,9-10,13H2,1H3,(H,22,25). The second-order valence-corrected chi connectivity index (χ2v) is 7.73. The Kier molecular flexibility index (Phi) is 5.38. The van der Waals surface area contributed by atoms with Gasteiger partial charge in [-0.3, -0.25) is 4.79 Å². The molecule has 28 heavy (non-hydrogen) atoms. The van der Waals surface area contributed by atoms with Crippen LogP contribution < -0.4 is 10.1 Å². The third-order valence-corrected chi connectivity index (χ3v) is 6.11. The van der Waals surface area contributed by atoms with E-state index < -0.39 is 5.41 Å². The average molecular weight is 398 g/mol. The van der Waals surface area contributed by atoms with Crippen molar-refractivity contribution in [3.05, 3.63) is 46.6 Å². The average Bonchev–Trinajstić information content (AvgIpc) is 3.49. The van der Waals surface area contributed by atoms with Crippen molar-refractivity contribution in [3.8, 4) is 17.3 Å². The lowest BCUT2D eigenvalue weighted by Gasteiger charge is -2.26. The number of nitrogens with one attached hydrogen (secondary N) is 1. The molecule has 0 unspecified atom stereocenters. The van der Waals surface area contributed by atoms with Crippen LogP contribution in [-0.4, -0.2) is 27.6 Å². The Morgan fingerprint density at radius 2 is 2.18 bits per heavy atom. The van der Waals surface area contributed by atoms with Crippen LogP contribution in [-0.2, 0) is 16.8 Å². The second-order valence-electron chi connectivity index (χ2n) is 6.78. The van der Waals surface area contributed by atoms with Gasteiger partial charge in [0.25, 0.3) is 0 Å². The summed E-state index contributed by atoms with van der Waals surface area (Å²) in [6, 6.07) is 7.65. The van der Waals surface area contributed by atoms with Crippen LogP contribution in [0.4, 0.5) is 0 Å². The molecule has 7 nitrogen and oxygen atoms in total. The van der Waals surface area contributed by atoms with E-state index in [0.717, 1.165) is 36.1 Å². The molecule has 3 heterocycles. The van der Waals surface area contributed by atoms with E-state index in [1.165, 1.54) is 0 Å². The highest BCUT2D eigenvalue weighted by atomic mass is 32.1. The van der Waals surface area contributed by atoms with Gasteiger partial charge in [-0.1, -0.05) is 24.1 Å². The molecule has 8 heteroatoms. The zero-order valence-corrected chi connectivity index (χ0v) is 16.5. The number of aromatic nitrogens is 3. The van der Waals surface area contributed by atoms with Crippen LogP contribution in [0.15, 0.2) is 40.4 Å². The van der Waals surface area contributed by atoms with Crippen molar-refractivity contribution in [2.24, 2.45) is 0 Å². The molecule has 4 rings (SSSR count). The molecule has 0 atom stereocenters. The maximum absolute atomic E-state index is 13.0. The van der Waals surface area contributed by atoms with Gasteiger partial charge in [0.05, 0.1) is 18.6 Å². The van der Waals surface area contributed by atoms with Crippen LogP contribution in [0.1, 0.15) is 43.4 Å². The zero-order valence-electron chi connectivity index (χ0n) is 15.7. The van der Waals surface area contributed by atoms with E-state index in [1.54, 1.807) is 23.6 Å². The number of rotatable bonds is 7. The normalized spacial score (nSPS) is 15.5. The molecule has 1 N–H and O–H groups in total. The van der Waals surface area contributed by atoms with Crippen molar-refractivity contribution < 1.29 is 14.1 Å². The molecular formula is C20H22N4O3S. The molecule has 146 valence electrons. The Morgan fingerprint density at radius 3 is 2.86 bits per heavy atom. The monoisotopic (exact) mass is 398 g/mol. The number of thiophene rings is 1. The lowest BCUT2D eigenvalue weighted by Crippen LogP contribution is -2.41. The summed E-state index contributed by atoms with van der Waals surface area (Å²) in [5.41, 5.74) is 0.311. The first-order valence-corrected chi connectivity index (χ1v) is 10.3. The molecule has 0 radical (unpaired) electrons. The number of ether oxygens (including phenoxy) is 1. The lowest BCUT2D eigenvalue weighted by atomic mass is 9.83. The number of nitrogens with zero attached hydrogens (tertiary/aromatic N) is 3. The van der Waals surface area contributed by atoms with Crippen molar-refractivity contribution in [2.75, 3.05) is 6.61 Å². The van der Waals surface area contributed by atoms with Crippen molar-refractivity contribution in [3.63, 3.8) is 0 Å². The largest absolute Gasteiger partial charge is 0.478 e. The van der Waals surface area contributed by atoms with Gasteiger partial charge in [-0.25, -0.2) is 4.98 Å². The third-order valence-electron chi connectivity index (χ3n) is 5.04. The summed E-state index contributed by atoms with van der Waals surface area (Å²) < 4.78 is 10.6. The molecule has 0 aliphatic heterocycles. The minimum atomic E-state index is -0.421. The van der Waals surface area contributed by atoms with Gasteiger partial charge in [0.1, 0.15) is 0 Å². The summed E-state index contributed by atoms with van der Waals surface area (Å²) in [6.07, 6.45) is 5.54. The summed E-state index contributed by atoms with van der Waals surface area (Å²) >= 11 is 1.65. The van der Waals surface area contributed by atoms with Crippen molar-refractivity contribution >= 4 is 17.2 Å². The molecule has 1 fully saturated rings. The quantitative estimate of drug-likeness (QED) is 0.652. The van der Waals surface area contributed by atoms with E-state index in [9.17, 15) is 4.79 Å². The van der Waals surface area contributed by atoms with E-state index in [2.05, 4.69) is 26.5 Å². The predicted molar refractivity (Wildman–Crippen MR) is 105 cm³/mol. The van der Waals surface area contributed by atoms with E-state index in [0.29, 0.717) is 24.2 Å². The molecule has 0 aromatic carbocycles. The summed E-state index contributed by atoms with van der Waals surface area (Å²) in [5.74, 6) is 1.40. The highest BCUT2D eigenvalue weighted by Crippen LogP contribution is 2.43. The Balaban J connectivity index is 1.42. The molecule has 3 aromatic heterocycles. The van der Waals surface area contributed by atoms with Gasteiger partial charge in [-0.05, 0) is 37.3 Å². The summed E-state index contributed by atoms with van der Waals surface area (Å²) in [4.78, 5) is 22.7. The highest BCUT2D eigenvalue weighted by molar-refractivity contribution is 7.10. The zero-order chi connectivity index (χ0) is 19.4. The fourth-order valence-electron chi connectivity index (χ4n) is 3.63. The molecule has 1 amide bonds. The van der Waals surface area contributed by atoms with Gasteiger partial charge in [0.2, 0.25) is 23.5 Å². The lowest BCUT2D eigenvalue weighted by molar-refractivity contribution is -0.126. The second kappa shape index (κ2) is 8.10. The Hall–Kier alpha value is -2.74. The molecule has 0 spiro atoms. The molecule has 0 bridgehead atoms. The van der Waals surface area contributed by atoms with E-state index in [4.69, 9.17) is 9.26 Å². The van der Waals surface area contributed by atoms with Gasteiger partial charge in [-0.2, -0.15) is 4.98 Å². The van der Waals surface area contributed by atoms with Gasteiger partial charge in [-0.15, -0.1) is 11.3 Å².